The molecule has 0 aliphatic rings. The zero-order chi connectivity index (χ0) is 11.5. The molecule has 0 bridgehead atoms. The number of rotatable bonds is 2. The molecule has 1 N–H and O–H groups in total. The predicted molar refractivity (Wildman–Crippen MR) is 67.3 cm³/mol. The van der Waals surface area contributed by atoms with Gasteiger partial charge in [-0.05, 0) is 23.3 Å². The van der Waals surface area contributed by atoms with Crippen LogP contribution in [-0.4, -0.2) is 15.0 Å². The van der Waals surface area contributed by atoms with Gasteiger partial charge in [-0.25, -0.2) is 9.97 Å². The Morgan fingerprint density at radius 3 is 2.12 bits per heavy atom. The summed E-state index contributed by atoms with van der Waals surface area (Å²) in [6.07, 6.45) is 7.41. The number of hydrogen-bond acceptors (Lipinski definition) is 2. The zero-order valence-corrected chi connectivity index (χ0v) is 9.17. The van der Waals surface area contributed by atoms with Gasteiger partial charge in [0.15, 0.2) is 5.82 Å². The lowest BCUT2D eigenvalue weighted by Crippen LogP contribution is -1.86. The van der Waals surface area contributed by atoms with E-state index in [1.165, 1.54) is 11.1 Å². The first-order chi connectivity index (χ1) is 8.43. The molecule has 0 atom stereocenters. The van der Waals surface area contributed by atoms with Gasteiger partial charge in [-0.2, -0.15) is 0 Å². The highest BCUT2D eigenvalue weighted by molar-refractivity contribution is 5.67. The van der Waals surface area contributed by atoms with E-state index in [0.29, 0.717) is 0 Å². The molecule has 82 valence electrons. The van der Waals surface area contributed by atoms with E-state index in [4.69, 9.17) is 0 Å². The largest absolute Gasteiger partial charge is 0.367 e. The van der Waals surface area contributed by atoms with Crippen LogP contribution in [0.1, 0.15) is 0 Å². The number of hydrogen-bond donors (Lipinski definition) is 1. The van der Waals surface area contributed by atoms with E-state index >= 15 is 0 Å². The van der Waals surface area contributed by atoms with Crippen LogP contribution in [0.15, 0.2) is 61.2 Å². The highest BCUT2D eigenvalue weighted by atomic mass is 14.8. The van der Waals surface area contributed by atoms with Crippen LogP contribution in [-0.2, 0) is 0 Å². The fourth-order valence-electron chi connectivity index (χ4n) is 1.76. The molecule has 0 aliphatic heterocycles. The first-order valence-electron chi connectivity index (χ1n) is 5.44. The van der Waals surface area contributed by atoms with Crippen molar-refractivity contribution < 1.29 is 0 Å². The standard InChI is InChI=1S/C14H11N3/c1-7-16-14(17-8-1)12-4-2-11(3-5-12)13-6-9-15-10-13/h1-10,15H. The molecule has 0 amide bonds. The summed E-state index contributed by atoms with van der Waals surface area (Å²) in [6, 6.07) is 12.1. The van der Waals surface area contributed by atoms with E-state index in [1.54, 1.807) is 12.4 Å². The predicted octanol–water partition coefficient (Wildman–Crippen LogP) is 3.14. The Hall–Kier alpha value is -2.42. The van der Waals surface area contributed by atoms with Crippen molar-refractivity contribution in [1.29, 1.82) is 0 Å². The van der Waals surface area contributed by atoms with Gasteiger partial charge in [0.05, 0.1) is 0 Å². The average molecular weight is 221 g/mol. The zero-order valence-electron chi connectivity index (χ0n) is 9.17. The molecule has 3 heteroatoms. The van der Waals surface area contributed by atoms with Crippen molar-refractivity contribution in [3.05, 3.63) is 61.2 Å². The maximum absolute atomic E-state index is 4.22. The maximum atomic E-state index is 4.22. The van der Waals surface area contributed by atoms with E-state index in [0.717, 1.165) is 11.4 Å². The maximum Gasteiger partial charge on any atom is 0.159 e. The van der Waals surface area contributed by atoms with E-state index in [1.807, 2.05) is 36.7 Å². The molecule has 2 aromatic heterocycles. The van der Waals surface area contributed by atoms with Gasteiger partial charge < -0.3 is 4.98 Å². The second-order valence-electron chi connectivity index (χ2n) is 3.75. The van der Waals surface area contributed by atoms with Crippen molar-refractivity contribution >= 4 is 0 Å². The lowest BCUT2D eigenvalue weighted by atomic mass is 10.1. The van der Waals surface area contributed by atoms with Gasteiger partial charge >= 0.3 is 0 Å². The summed E-state index contributed by atoms with van der Waals surface area (Å²) in [5.41, 5.74) is 3.40. The number of benzene rings is 1. The SMILES string of the molecule is c1cnc(-c2ccc(-c3cc[nH]c3)cc2)nc1. The molecule has 3 aromatic rings. The number of aromatic nitrogens is 3. The van der Waals surface area contributed by atoms with Gasteiger partial charge in [0, 0.05) is 30.4 Å². The Labute approximate surface area is 99.2 Å². The molecule has 0 radical (unpaired) electrons. The second kappa shape index (κ2) is 4.22. The van der Waals surface area contributed by atoms with Gasteiger partial charge in [-0.15, -0.1) is 0 Å². The Morgan fingerprint density at radius 1 is 0.765 bits per heavy atom. The number of nitrogens with zero attached hydrogens (tertiary/aromatic N) is 2. The number of H-pyrrole nitrogens is 1. The Kier molecular flexibility index (Phi) is 2.43. The van der Waals surface area contributed by atoms with Gasteiger partial charge in [0.2, 0.25) is 0 Å². The Morgan fingerprint density at radius 2 is 1.47 bits per heavy atom. The quantitative estimate of drug-likeness (QED) is 0.722. The molecule has 0 saturated carbocycles. The van der Waals surface area contributed by atoms with E-state index in [-0.39, 0.29) is 0 Å². The van der Waals surface area contributed by atoms with E-state index in [9.17, 15) is 0 Å². The van der Waals surface area contributed by atoms with Crippen molar-refractivity contribution in [2.45, 2.75) is 0 Å². The average Bonchev–Trinajstić information content (AvgIpc) is 2.94. The number of nitrogens with one attached hydrogen (secondary N) is 1. The highest BCUT2D eigenvalue weighted by Gasteiger charge is 2.01. The Bertz CT molecular complexity index is 583. The summed E-state index contributed by atoms with van der Waals surface area (Å²) in [6.45, 7) is 0. The van der Waals surface area contributed by atoms with Crippen molar-refractivity contribution in [2.24, 2.45) is 0 Å². The minimum atomic E-state index is 0.758. The van der Waals surface area contributed by atoms with Crippen LogP contribution < -0.4 is 0 Å². The van der Waals surface area contributed by atoms with E-state index in [2.05, 4.69) is 27.1 Å². The minimum absolute atomic E-state index is 0.758. The first-order valence-corrected chi connectivity index (χ1v) is 5.44. The van der Waals surface area contributed by atoms with Crippen LogP contribution in [0.2, 0.25) is 0 Å². The molecule has 2 heterocycles. The molecular weight excluding hydrogens is 210 g/mol. The van der Waals surface area contributed by atoms with Gasteiger partial charge in [0.25, 0.3) is 0 Å². The van der Waals surface area contributed by atoms with Crippen LogP contribution in [0.3, 0.4) is 0 Å². The van der Waals surface area contributed by atoms with E-state index < -0.39 is 0 Å². The molecule has 0 saturated heterocycles. The highest BCUT2D eigenvalue weighted by Crippen LogP contribution is 2.22. The summed E-state index contributed by atoms with van der Waals surface area (Å²) >= 11 is 0. The normalized spacial score (nSPS) is 10.4. The monoisotopic (exact) mass is 221 g/mol. The van der Waals surface area contributed by atoms with Crippen molar-refractivity contribution in [2.75, 3.05) is 0 Å². The third-order valence-corrected chi connectivity index (χ3v) is 2.64. The second-order valence-corrected chi connectivity index (χ2v) is 3.75. The lowest BCUT2D eigenvalue weighted by Gasteiger charge is -2.01. The third-order valence-electron chi connectivity index (χ3n) is 2.64. The topological polar surface area (TPSA) is 41.6 Å². The van der Waals surface area contributed by atoms with Gasteiger partial charge in [0.1, 0.15) is 0 Å². The fraction of sp³-hybridized carbons (Fsp3) is 0. The minimum Gasteiger partial charge on any atom is -0.367 e. The smallest absolute Gasteiger partial charge is 0.159 e. The summed E-state index contributed by atoms with van der Waals surface area (Å²) < 4.78 is 0. The van der Waals surface area contributed by atoms with Gasteiger partial charge in [-0.3, -0.25) is 0 Å². The van der Waals surface area contributed by atoms with Crippen molar-refractivity contribution in [3.8, 4) is 22.5 Å². The molecule has 0 fully saturated rings. The van der Waals surface area contributed by atoms with Crippen LogP contribution in [0.25, 0.3) is 22.5 Å². The first kappa shape index (κ1) is 9.78. The third kappa shape index (κ3) is 1.95. The van der Waals surface area contributed by atoms with Gasteiger partial charge in [-0.1, -0.05) is 24.3 Å². The molecule has 1 aromatic carbocycles. The van der Waals surface area contributed by atoms with Crippen LogP contribution in [0.4, 0.5) is 0 Å². The summed E-state index contributed by atoms with van der Waals surface area (Å²) in [5, 5.41) is 0. The lowest BCUT2D eigenvalue weighted by molar-refractivity contribution is 1.18. The van der Waals surface area contributed by atoms with Crippen LogP contribution in [0, 0.1) is 0 Å². The number of aromatic amines is 1. The summed E-state index contributed by atoms with van der Waals surface area (Å²) in [7, 11) is 0. The molecule has 17 heavy (non-hydrogen) atoms. The molecule has 0 unspecified atom stereocenters. The molecule has 3 nitrogen and oxygen atoms in total. The molecule has 0 aliphatic carbocycles. The Balaban J connectivity index is 1.96. The molecule has 3 rings (SSSR count). The van der Waals surface area contributed by atoms with Crippen LogP contribution >= 0.6 is 0 Å². The molecule has 0 spiro atoms. The fourth-order valence-corrected chi connectivity index (χ4v) is 1.76. The summed E-state index contributed by atoms with van der Waals surface area (Å²) in [5.74, 6) is 0.758. The molecular formula is C14H11N3. The van der Waals surface area contributed by atoms with Crippen molar-refractivity contribution in [1.82, 2.24) is 15.0 Å². The summed E-state index contributed by atoms with van der Waals surface area (Å²) in [4.78, 5) is 11.5. The van der Waals surface area contributed by atoms with Crippen LogP contribution in [0.5, 0.6) is 0 Å². The van der Waals surface area contributed by atoms with Crippen molar-refractivity contribution in [3.63, 3.8) is 0 Å².